The summed E-state index contributed by atoms with van der Waals surface area (Å²) < 4.78 is 0. The van der Waals surface area contributed by atoms with Crippen LogP contribution in [0.2, 0.25) is 0 Å². The summed E-state index contributed by atoms with van der Waals surface area (Å²) >= 11 is 0. The lowest BCUT2D eigenvalue weighted by atomic mass is 10.2. The van der Waals surface area contributed by atoms with Crippen molar-refractivity contribution < 1.29 is 29.7 Å². The highest BCUT2D eigenvalue weighted by Gasteiger charge is 2.16. The van der Waals surface area contributed by atoms with E-state index in [9.17, 15) is 9.59 Å². The van der Waals surface area contributed by atoms with E-state index in [-0.39, 0.29) is 6.54 Å². The standard InChI is InChI=1S/C4H9NO3.C2H5NO2.C2H4O/c1-2(6)3(5)4(7)8;3-1-2(4)5;1-2-3/h2-3,6H,5H2,1H3,(H,7,8);1,3H2,(H,4,5);2H,1H3. The first kappa shape index (κ1) is 20.0. The van der Waals surface area contributed by atoms with E-state index in [4.69, 9.17) is 25.8 Å². The number of carbonyl (C=O) groups excluding carboxylic acids is 1. The minimum absolute atomic E-state index is 0.278. The second-order valence-corrected chi connectivity index (χ2v) is 2.44. The second kappa shape index (κ2) is 13.5. The lowest BCUT2D eigenvalue weighted by Crippen LogP contribution is -2.39. The van der Waals surface area contributed by atoms with Crippen LogP contribution >= 0.6 is 0 Å². The normalized spacial score (nSPS) is 11.8. The molecule has 0 saturated carbocycles. The number of carbonyl (C=O) groups is 3. The fourth-order valence-electron chi connectivity index (χ4n) is 0.206. The molecule has 8 heteroatoms. The Kier molecular flexibility index (Phi) is 16.8. The van der Waals surface area contributed by atoms with Crippen molar-refractivity contribution in [1.29, 1.82) is 0 Å². The molecule has 0 aromatic carbocycles. The zero-order valence-corrected chi connectivity index (χ0v) is 9.16. The number of hydrogen-bond acceptors (Lipinski definition) is 6. The van der Waals surface area contributed by atoms with Crippen LogP contribution in [0.1, 0.15) is 13.8 Å². The van der Waals surface area contributed by atoms with Crippen molar-refractivity contribution in [2.75, 3.05) is 6.54 Å². The Morgan fingerprint density at radius 1 is 1.38 bits per heavy atom. The van der Waals surface area contributed by atoms with E-state index < -0.39 is 24.1 Å². The highest BCUT2D eigenvalue weighted by Crippen LogP contribution is 1.85. The van der Waals surface area contributed by atoms with Gasteiger partial charge in [-0.2, -0.15) is 0 Å². The van der Waals surface area contributed by atoms with Crippen molar-refractivity contribution in [3.63, 3.8) is 0 Å². The summed E-state index contributed by atoms with van der Waals surface area (Å²) in [7, 11) is 0. The van der Waals surface area contributed by atoms with Crippen LogP contribution in [0.5, 0.6) is 0 Å². The molecule has 0 aliphatic rings. The van der Waals surface area contributed by atoms with Gasteiger partial charge in [0.15, 0.2) is 0 Å². The number of rotatable bonds is 3. The van der Waals surface area contributed by atoms with Gasteiger partial charge in [-0.1, -0.05) is 0 Å². The zero-order chi connectivity index (χ0) is 13.7. The molecule has 0 radical (unpaired) electrons. The molecule has 8 nitrogen and oxygen atoms in total. The van der Waals surface area contributed by atoms with Gasteiger partial charge in [-0.05, 0) is 13.8 Å². The molecule has 2 unspecified atom stereocenters. The van der Waals surface area contributed by atoms with E-state index in [1.165, 1.54) is 13.8 Å². The van der Waals surface area contributed by atoms with Gasteiger partial charge in [-0.3, -0.25) is 9.59 Å². The molecule has 0 bridgehead atoms. The maximum Gasteiger partial charge on any atom is 0.323 e. The number of aldehydes is 1. The molecule has 0 fully saturated rings. The summed E-state index contributed by atoms with van der Waals surface area (Å²) in [5.74, 6) is -2.15. The zero-order valence-electron chi connectivity index (χ0n) is 9.16. The fourth-order valence-corrected chi connectivity index (χ4v) is 0.206. The molecule has 7 N–H and O–H groups in total. The molecule has 0 aromatic heterocycles. The van der Waals surface area contributed by atoms with Gasteiger partial charge in [-0.15, -0.1) is 0 Å². The van der Waals surface area contributed by atoms with Crippen LogP contribution in [0, 0.1) is 0 Å². The number of aliphatic hydroxyl groups excluding tert-OH is 1. The first-order valence-corrected chi connectivity index (χ1v) is 4.22. The van der Waals surface area contributed by atoms with Gasteiger partial charge in [0.2, 0.25) is 0 Å². The van der Waals surface area contributed by atoms with Crippen molar-refractivity contribution >= 4 is 18.2 Å². The third-order valence-corrected chi connectivity index (χ3v) is 0.979. The van der Waals surface area contributed by atoms with Crippen molar-refractivity contribution in [2.24, 2.45) is 11.5 Å². The predicted molar refractivity (Wildman–Crippen MR) is 55.7 cm³/mol. The third kappa shape index (κ3) is 22.9. The molecule has 0 aliphatic carbocycles. The second-order valence-electron chi connectivity index (χ2n) is 2.44. The molecule has 0 rings (SSSR count). The molecule has 0 aliphatic heterocycles. The smallest absolute Gasteiger partial charge is 0.323 e. The molecule has 0 saturated heterocycles. The first-order valence-electron chi connectivity index (χ1n) is 4.22. The highest BCUT2D eigenvalue weighted by molar-refractivity contribution is 5.73. The summed E-state index contributed by atoms with van der Waals surface area (Å²) in [6, 6.07) is -1.16. The van der Waals surface area contributed by atoms with Crippen molar-refractivity contribution in [3.05, 3.63) is 0 Å². The number of carboxylic acids is 2. The average Bonchev–Trinajstić information content (AvgIpc) is 2.18. The van der Waals surface area contributed by atoms with Crippen LogP contribution in [0.4, 0.5) is 0 Å². The van der Waals surface area contributed by atoms with Crippen molar-refractivity contribution in [1.82, 2.24) is 0 Å². The molecular weight excluding hydrogens is 220 g/mol. The highest BCUT2D eigenvalue weighted by atomic mass is 16.4. The van der Waals surface area contributed by atoms with Gasteiger partial charge in [0.1, 0.15) is 12.3 Å². The Morgan fingerprint density at radius 2 is 1.62 bits per heavy atom. The van der Waals surface area contributed by atoms with Crippen LogP contribution in [0.15, 0.2) is 0 Å². The summed E-state index contributed by atoms with van der Waals surface area (Å²) in [5.41, 5.74) is 9.48. The average molecular weight is 238 g/mol. The lowest BCUT2D eigenvalue weighted by Gasteiger charge is -2.06. The summed E-state index contributed by atoms with van der Waals surface area (Å²) in [6.45, 7) is 2.50. The van der Waals surface area contributed by atoms with Crippen LogP contribution in [-0.2, 0) is 14.4 Å². The third-order valence-electron chi connectivity index (χ3n) is 0.979. The lowest BCUT2D eigenvalue weighted by molar-refractivity contribution is -0.141. The molecule has 16 heavy (non-hydrogen) atoms. The van der Waals surface area contributed by atoms with E-state index >= 15 is 0 Å². The molecule has 0 heterocycles. The van der Waals surface area contributed by atoms with Crippen molar-refractivity contribution in [3.8, 4) is 0 Å². The minimum atomic E-state index is -1.18. The largest absolute Gasteiger partial charge is 0.480 e. The Bertz CT molecular complexity index is 207. The molecule has 0 spiro atoms. The van der Waals surface area contributed by atoms with Gasteiger partial charge in [-0.25, -0.2) is 0 Å². The molecule has 2 atom stereocenters. The predicted octanol–water partition coefficient (Wildman–Crippen LogP) is -1.99. The number of aliphatic carboxylic acids is 2. The van der Waals surface area contributed by atoms with E-state index in [0.717, 1.165) is 6.29 Å². The maximum atomic E-state index is 9.86. The topological polar surface area (TPSA) is 164 Å². The van der Waals surface area contributed by atoms with Gasteiger partial charge < -0.3 is 31.6 Å². The van der Waals surface area contributed by atoms with E-state index in [2.05, 4.69) is 5.73 Å². The van der Waals surface area contributed by atoms with Gasteiger partial charge >= 0.3 is 11.9 Å². The van der Waals surface area contributed by atoms with Gasteiger partial charge in [0.05, 0.1) is 12.6 Å². The SMILES string of the molecule is CC(O)C(N)C(=O)O.CC=O.NCC(=O)O. The van der Waals surface area contributed by atoms with Crippen LogP contribution in [0.3, 0.4) is 0 Å². The fraction of sp³-hybridized carbons (Fsp3) is 0.625. The number of aliphatic hydroxyl groups is 1. The van der Waals surface area contributed by atoms with E-state index in [0.29, 0.717) is 0 Å². The number of hydrogen-bond donors (Lipinski definition) is 5. The van der Waals surface area contributed by atoms with Gasteiger partial charge in [0, 0.05) is 0 Å². The quantitative estimate of drug-likeness (QED) is 0.353. The van der Waals surface area contributed by atoms with Crippen molar-refractivity contribution in [2.45, 2.75) is 26.0 Å². The van der Waals surface area contributed by atoms with E-state index in [1.807, 2.05) is 0 Å². The Balaban J connectivity index is -0.000000181. The number of carboxylic acid groups (broad SMARTS) is 2. The molecular formula is C8H18N2O6. The summed E-state index contributed by atoms with van der Waals surface area (Å²) in [5, 5.41) is 24.2. The maximum absolute atomic E-state index is 9.86. The van der Waals surface area contributed by atoms with Crippen LogP contribution in [-0.4, -0.2) is 52.2 Å². The Hall–Kier alpha value is -1.51. The Morgan fingerprint density at radius 3 is 1.62 bits per heavy atom. The van der Waals surface area contributed by atoms with Gasteiger partial charge in [0.25, 0.3) is 0 Å². The number of nitrogens with two attached hydrogens (primary N) is 2. The molecule has 96 valence electrons. The van der Waals surface area contributed by atoms with E-state index in [1.54, 1.807) is 0 Å². The van der Waals surface area contributed by atoms with Crippen LogP contribution in [0.25, 0.3) is 0 Å². The summed E-state index contributed by atoms with van der Waals surface area (Å²) in [6.07, 6.45) is -0.229. The minimum Gasteiger partial charge on any atom is -0.480 e. The first-order chi connectivity index (χ1) is 7.24. The molecule has 0 aromatic rings. The monoisotopic (exact) mass is 238 g/mol. The Labute approximate surface area is 92.9 Å². The molecule has 0 amide bonds. The van der Waals surface area contributed by atoms with Crippen LogP contribution < -0.4 is 11.5 Å². The summed E-state index contributed by atoms with van der Waals surface area (Å²) in [4.78, 5) is 27.9.